The van der Waals surface area contributed by atoms with Crippen LogP contribution in [0, 0.1) is 5.82 Å². The standard InChI is InChI=1S/C13H20FN3O/c1-4-11(12-7-6-10(14)8-15-12)16-9-13(18)17(3)5-2/h6-8,11,16H,4-5,9H2,1-3H3. The van der Waals surface area contributed by atoms with Gasteiger partial charge in [0.15, 0.2) is 0 Å². The Morgan fingerprint density at radius 3 is 2.72 bits per heavy atom. The first-order valence-corrected chi connectivity index (χ1v) is 6.17. The van der Waals surface area contributed by atoms with Gasteiger partial charge in [-0.3, -0.25) is 9.78 Å². The summed E-state index contributed by atoms with van der Waals surface area (Å²) < 4.78 is 12.8. The van der Waals surface area contributed by atoms with Crippen molar-refractivity contribution in [3.8, 4) is 0 Å². The highest BCUT2D eigenvalue weighted by Crippen LogP contribution is 2.13. The Bertz CT molecular complexity index is 380. The van der Waals surface area contributed by atoms with Gasteiger partial charge in [-0.05, 0) is 25.5 Å². The normalized spacial score (nSPS) is 12.2. The van der Waals surface area contributed by atoms with Crippen LogP contribution in [0.15, 0.2) is 18.3 Å². The molecule has 18 heavy (non-hydrogen) atoms. The Kier molecular flexibility index (Phi) is 5.71. The van der Waals surface area contributed by atoms with Crippen LogP contribution in [0.5, 0.6) is 0 Å². The smallest absolute Gasteiger partial charge is 0.236 e. The maximum absolute atomic E-state index is 12.8. The predicted octanol–water partition coefficient (Wildman–Crippen LogP) is 1.74. The summed E-state index contributed by atoms with van der Waals surface area (Å²) in [6.07, 6.45) is 1.99. The van der Waals surface area contributed by atoms with Crippen molar-refractivity contribution in [2.24, 2.45) is 0 Å². The van der Waals surface area contributed by atoms with Crippen molar-refractivity contribution >= 4 is 5.91 Å². The Morgan fingerprint density at radius 2 is 2.22 bits per heavy atom. The SMILES string of the molecule is CCC(NCC(=O)N(C)CC)c1ccc(F)cn1. The number of likely N-dealkylation sites (N-methyl/N-ethyl adjacent to an activating group) is 1. The quantitative estimate of drug-likeness (QED) is 0.840. The summed E-state index contributed by atoms with van der Waals surface area (Å²) in [5.74, 6) is -0.312. The number of halogens is 1. The fraction of sp³-hybridized carbons (Fsp3) is 0.538. The molecule has 5 heteroatoms. The fourth-order valence-corrected chi connectivity index (χ4v) is 1.57. The first-order valence-electron chi connectivity index (χ1n) is 6.17. The lowest BCUT2D eigenvalue weighted by atomic mass is 10.1. The average molecular weight is 253 g/mol. The number of hydrogen-bond acceptors (Lipinski definition) is 3. The summed E-state index contributed by atoms with van der Waals surface area (Å²) in [5, 5.41) is 3.14. The molecule has 1 aromatic heterocycles. The maximum atomic E-state index is 12.8. The Labute approximate surface area is 107 Å². The Morgan fingerprint density at radius 1 is 1.50 bits per heavy atom. The van der Waals surface area contributed by atoms with Crippen LogP contribution in [0.2, 0.25) is 0 Å². The van der Waals surface area contributed by atoms with Crippen molar-refractivity contribution in [1.29, 1.82) is 0 Å². The van der Waals surface area contributed by atoms with Crippen molar-refractivity contribution in [2.75, 3.05) is 20.1 Å². The van der Waals surface area contributed by atoms with Gasteiger partial charge in [-0.2, -0.15) is 0 Å². The van der Waals surface area contributed by atoms with Crippen molar-refractivity contribution in [1.82, 2.24) is 15.2 Å². The van der Waals surface area contributed by atoms with E-state index in [-0.39, 0.29) is 24.3 Å². The highest BCUT2D eigenvalue weighted by molar-refractivity contribution is 5.77. The molecule has 0 saturated carbocycles. The molecule has 0 radical (unpaired) electrons. The van der Waals surface area contributed by atoms with Crippen molar-refractivity contribution in [3.63, 3.8) is 0 Å². The number of aromatic nitrogens is 1. The third kappa shape index (κ3) is 4.07. The van der Waals surface area contributed by atoms with E-state index in [2.05, 4.69) is 10.3 Å². The van der Waals surface area contributed by atoms with E-state index in [9.17, 15) is 9.18 Å². The molecule has 0 saturated heterocycles. The molecule has 1 aromatic rings. The number of nitrogens with zero attached hydrogens (tertiary/aromatic N) is 2. The molecule has 0 aliphatic heterocycles. The minimum atomic E-state index is -0.351. The van der Waals surface area contributed by atoms with Crippen LogP contribution in [-0.2, 0) is 4.79 Å². The highest BCUT2D eigenvalue weighted by Gasteiger charge is 2.13. The van der Waals surface area contributed by atoms with E-state index in [1.807, 2.05) is 13.8 Å². The molecule has 0 fully saturated rings. The number of rotatable bonds is 6. The van der Waals surface area contributed by atoms with Gasteiger partial charge in [0.05, 0.1) is 18.4 Å². The molecule has 100 valence electrons. The van der Waals surface area contributed by atoms with E-state index >= 15 is 0 Å². The number of pyridine rings is 1. The first-order chi connectivity index (χ1) is 8.58. The van der Waals surface area contributed by atoms with Crippen LogP contribution in [0.3, 0.4) is 0 Å². The zero-order chi connectivity index (χ0) is 13.5. The van der Waals surface area contributed by atoms with Crippen LogP contribution in [-0.4, -0.2) is 35.9 Å². The topological polar surface area (TPSA) is 45.2 Å². The van der Waals surface area contributed by atoms with Crippen LogP contribution in [0.1, 0.15) is 32.0 Å². The monoisotopic (exact) mass is 253 g/mol. The van der Waals surface area contributed by atoms with E-state index in [1.54, 1.807) is 18.0 Å². The lowest BCUT2D eigenvalue weighted by Gasteiger charge is -2.19. The van der Waals surface area contributed by atoms with E-state index in [4.69, 9.17) is 0 Å². The minimum Gasteiger partial charge on any atom is -0.345 e. The highest BCUT2D eigenvalue weighted by atomic mass is 19.1. The third-order valence-corrected chi connectivity index (χ3v) is 2.92. The Balaban J connectivity index is 2.57. The van der Waals surface area contributed by atoms with Gasteiger partial charge in [0, 0.05) is 19.6 Å². The number of hydrogen-bond donors (Lipinski definition) is 1. The van der Waals surface area contributed by atoms with Gasteiger partial charge >= 0.3 is 0 Å². The lowest BCUT2D eigenvalue weighted by Crippen LogP contribution is -2.37. The average Bonchev–Trinajstić information content (AvgIpc) is 2.40. The minimum absolute atomic E-state index is 0.0280. The second-order valence-corrected chi connectivity index (χ2v) is 4.15. The van der Waals surface area contributed by atoms with Crippen molar-refractivity contribution in [3.05, 3.63) is 29.8 Å². The van der Waals surface area contributed by atoms with E-state index in [1.165, 1.54) is 12.3 Å². The molecule has 0 bridgehead atoms. The summed E-state index contributed by atoms with van der Waals surface area (Å²) in [6.45, 7) is 4.88. The van der Waals surface area contributed by atoms with Gasteiger partial charge in [0.2, 0.25) is 5.91 Å². The van der Waals surface area contributed by atoms with Gasteiger partial charge < -0.3 is 10.2 Å². The molecule has 1 rings (SSSR count). The zero-order valence-electron chi connectivity index (χ0n) is 11.1. The molecule has 1 N–H and O–H groups in total. The second-order valence-electron chi connectivity index (χ2n) is 4.15. The van der Waals surface area contributed by atoms with E-state index < -0.39 is 0 Å². The van der Waals surface area contributed by atoms with E-state index in [0.717, 1.165) is 12.1 Å². The number of amides is 1. The van der Waals surface area contributed by atoms with Gasteiger partial charge in [0.25, 0.3) is 0 Å². The lowest BCUT2D eigenvalue weighted by molar-refractivity contribution is -0.128. The van der Waals surface area contributed by atoms with Crippen LogP contribution >= 0.6 is 0 Å². The van der Waals surface area contributed by atoms with Gasteiger partial charge in [0.1, 0.15) is 5.82 Å². The molecule has 1 amide bonds. The summed E-state index contributed by atoms with van der Waals surface area (Å²) in [6, 6.07) is 3.00. The maximum Gasteiger partial charge on any atom is 0.236 e. The molecule has 1 unspecified atom stereocenters. The fourth-order valence-electron chi connectivity index (χ4n) is 1.57. The summed E-state index contributed by atoms with van der Waals surface area (Å²) in [5.41, 5.74) is 0.755. The molecule has 0 aromatic carbocycles. The second kappa shape index (κ2) is 7.06. The van der Waals surface area contributed by atoms with E-state index in [0.29, 0.717) is 6.54 Å². The molecule has 4 nitrogen and oxygen atoms in total. The van der Waals surface area contributed by atoms with Crippen LogP contribution < -0.4 is 5.32 Å². The molecule has 0 aliphatic carbocycles. The van der Waals surface area contributed by atoms with Crippen LogP contribution in [0.25, 0.3) is 0 Å². The van der Waals surface area contributed by atoms with Gasteiger partial charge in [-0.15, -0.1) is 0 Å². The summed E-state index contributed by atoms with van der Waals surface area (Å²) in [7, 11) is 1.76. The van der Waals surface area contributed by atoms with Gasteiger partial charge in [-0.1, -0.05) is 6.92 Å². The number of carbonyl (C=O) groups is 1. The van der Waals surface area contributed by atoms with Crippen molar-refractivity contribution in [2.45, 2.75) is 26.3 Å². The zero-order valence-corrected chi connectivity index (χ0v) is 11.1. The molecule has 1 atom stereocenters. The van der Waals surface area contributed by atoms with Crippen LogP contribution in [0.4, 0.5) is 4.39 Å². The number of carbonyl (C=O) groups excluding carboxylic acids is 1. The van der Waals surface area contributed by atoms with Gasteiger partial charge in [-0.25, -0.2) is 4.39 Å². The predicted molar refractivity (Wildman–Crippen MR) is 68.5 cm³/mol. The third-order valence-electron chi connectivity index (χ3n) is 2.92. The molecular formula is C13H20FN3O. The number of nitrogens with one attached hydrogen (secondary N) is 1. The largest absolute Gasteiger partial charge is 0.345 e. The first kappa shape index (κ1) is 14.6. The molecule has 0 aliphatic rings. The van der Waals surface area contributed by atoms with Crippen molar-refractivity contribution < 1.29 is 9.18 Å². The molecular weight excluding hydrogens is 233 g/mol. The summed E-state index contributed by atoms with van der Waals surface area (Å²) >= 11 is 0. The molecule has 0 spiro atoms. The summed E-state index contributed by atoms with van der Waals surface area (Å²) in [4.78, 5) is 17.3. The Hall–Kier alpha value is -1.49. The molecule has 1 heterocycles.